The van der Waals surface area contributed by atoms with Crippen LogP contribution in [0.5, 0.6) is 0 Å². The predicted molar refractivity (Wildman–Crippen MR) is 82.2 cm³/mol. The number of amides is 2. The van der Waals surface area contributed by atoms with Gasteiger partial charge >= 0.3 is 6.09 Å². The summed E-state index contributed by atoms with van der Waals surface area (Å²) in [6, 6.07) is 7.12. The molecule has 0 heterocycles. The molecular formula is C16H24N2O3. The van der Waals surface area contributed by atoms with Gasteiger partial charge in [-0.05, 0) is 30.4 Å². The molecule has 21 heavy (non-hydrogen) atoms. The van der Waals surface area contributed by atoms with Crippen LogP contribution in [0.25, 0.3) is 0 Å². The number of rotatable bonds is 6. The molecule has 2 unspecified atom stereocenters. The Balaban J connectivity index is 2.72. The number of nitrogens with one attached hydrogen (secondary N) is 2. The minimum atomic E-state index is -1.19. The molecule has 116 valence electrons. The zero-order valence-electron chi connectivity index (χ0n) is 13.0. The number of carbonyl (C=O) groups excluding carboxylic acids is 1. The largest absolute Gasteiger partial charge is 0.465 e. The van der Waals surface area contributed by atoms with Gasteiger partial charge in [0.1, 0.15) is 6.04 Å². The van der Waals surface area contributed by atoms with E-state index in [0.717, 1.165) is 12.0 Å². The Morgan fingerprint density at radius 3 is 2.10 bits per heavy atom. The molecule has 0 radical (unpaired) electrons. The topological polar surface area (TPSA) is 78.4 Å². The standard InChI is InChI=1S/C16H24N2O3/c1-5-12-6-8-13(9-7-12)11(4)17-15(19)14(10(2)3)18-16(20)21/h6-11,14,18H,5H2,1-4H3,(H,17,19)(H,20,21). The molecule has 0 aromatic heterocycles. The van der Waals surface area contributed by atoms with E-state index in [4.69, 9.17) is 5.11 Å². The SMILES string of the molecule is CCc1ccc(C(C)NC(=O)C(NC(=O)O)C(C)C)cc1. The molecule has 5 nitrogen and oxygen atoms in total. The lowest BCUT2D eigenvalue weighted by Gasteiger charge is -2.23. The third kappa shape index (κ3) is 5.10. The van der Waals surface area contributed by atoms with Crippen molar-refractivity contribution in [3.05, 3.63) is 35.4 Å². The van der Waals surface area contributed by atoms with E-state index in [9.17, 15) is 9.59 Å². The number of carboxylic acid groups (broad SMARTS) is 1. The van der Waals surface area contributed by atoms with Crippen molar-refractivity contribution < 1.29 is 14.7 Å². The number of aryl methyl sites for hydroxylation is 1. The van der Waals surface area contributed by atoms with Gasteiger partial charge in [-0.15, -0.1) is 0 Å². The third-order valence-corrected chi connectivity index (χ3v) is 3.47. The van der Waals surface area contributed by atoms with Crippen molar-refractivity contribution in [1.82, 2.24) is 10.6 Å². The van der Waals surface area contributed by atoms with Crippen molar-refractivity contribution in [3.63, 3.8) is 0 Å². The summed E-state index contributed by atoms with van der Waals surface area (Å²) < 4.78 is 0. The Labute approximate surface area is 125 Å². The van der Waals surface area contributed by atoms with E-state index in [-0.39, 0.29) is 17.9 Å². The Hall–Kier alpha value is -2.04. The minimum Gasteiger partial charge on any atom is -0.465 e. The molecule has 2 atom stereocenters. The molecule has 1 aromatic carbocycles. The minimum absolute atomic E-state index is 0.115. The van der Waals surface area contributed by atoms with E-state index < -0.39 is 12.1 Å². The van der Waals surface area contributed by atoms with Crippen LogP contribution < -0.4 is 10.6 Å². The second-order valence-corrected chi connectivity index (χ2v) is 5.50. The van der Waals surface area contributed by atoms with E-state index in [1.807, 2.05) is 31.2 Å². The van der Waals surface area contributed by atoms with Crippen LogP contribution in [0.15, 0.2) is 24.3 Å². The first kappa shape index (κ1) is 17.0. The zero-order valence-corrected chi connectivity index (χ0v) is 13.0. The summed E-state index contributed by atoms with van der Waals surface area (Å²) in [6.07, 6.45) is -0.220. The van der Waals surface area contributed by atoms with Gasteiger partial charge in [0.2, 0.25) is 5.91 Å². The van der Waals surface area contributed by atoms with Gasteiger partial charge in [-0.2, -0.15) is 0 Å². The molecule has 1 aromatic rings. The average molecular weight is 292 g/mol. The molecule has 0 spiro atoms. The zero-order chi connectivity index (χ0) is 16.0. The summed E-state index contributed by atoms with van der Waals surface area (Å²) in [4.78, 5) is 22.9. The lowest BCUT2D eigenvalue weighted by Crippen LogP contribution is -2.49. The number of hydrogen-bond acceptors (Lipinski definition) is 2. The van der Waals surface area contributed by atoms with E-state index in [1.165, 1.54) is 5.56 Å². The van der Waals surface area contributed by atoms with Crippen LogP contribution in [-0.4, -0.2) is 23.1 Å². The lowest BCUT2D eigenvalue weighted by atomic mass is 10.0. The van der Waals surface area contributed by atoms with E-state index >= 15 is 0 Å². The fourth-order valence-corrected chi connectivity index (χ4v) is 2.10. The Morgan fingerprint density at radius 1 is 1.10 bits per heavy atom. The summed E-state index contributed by atoms with van der Waals surface area (Å²) in [6.45, 7) is 7.59. The van der Waals surface area contributed by atoms with Crippen LogP contribution in [-0.2, 0) is 11.2 Å². The van der Waals surface area contributed by atoms with Gasteiger partial charge in [-0.3, -0.25) is 4.79 Å². The van der Waals surface area contributed by atoms with Gasteiger partial charge in [-0.25, -0.2) is 4.79 Å². The molecule has 0 bridgehead atoms. The highest BCUT2D eigenvalue weighted by Crippen LogP contribution is 2.14. The maximum atomic E-state index is 12.2. The summed E-state index contributed by atoms with van der Waals surface area (Å²) in [5.74, 6) is -0.421. The summed E-state index contributed by atoms with van der Waals surface area (Å²) in [5.41, 5.74) is 2.24. The first-order chi connectivity index (χ1) is 9.85. The second-order valence-electron chi connectivity index (χ2n) is 5.50. The predicted octanol–water partition coefficient (Wildman–Crippen LogP) is 2.72. The molecule has 0 saturated heterocycles. The quantitative estimate of drug-likeness (QED) is 0.754. The highest BCUT2D eigenvalue weighted by atomic mass is 16.4. The van der Waals surface area contributed by atoms with Crippen molar-refractivity contribution in [1.29, 1.82) is 0 Å². The van der Waals surface area contributed by atoms with Gasteiger partial charge in [-0.1, -0.05) is 45.0 Å². The molecule has 0 saturated carbocycles. The van der Waals surface area contributed by atoms with E-state index in [1.54, 1.807) is 13.8 Å². The van der Waals surface area contributed by atoms with Crippen LogP contribution in [0.3, 0.4) is 0 Å². The summed E-state index contributed by atoms with van der Waals surface area (Å²) >= 11 is 0. The van der Waals surface area contributed by atoms with Crippen LogP contribution >= 0.6 is 0 Å². The van der Waals surface area contributed by atoms with Gasteiger partial charge < -0.3 is 15.7 Å². The number of carbonyl (C=O) groups is 2. The van der Waals surface area contributed by atoms with Crippen LogP contribution in [0, 0.1) is 5.92 Å². The molecule has 0 aliphatic heterocycles. The van der Waals surface area contributed by atoms with E-state index in [2.05, 4.69) is 17.6 Å². The summed E-state index contributed by atoms with van der Waals surface area (Å²) in [7, 11) is 0. The molecule has 5 heteroatoms. The molecule has 1 rings (SSSR count). The fourth-order valence-electron chi connectivity index (χ4n) is 2.10. The first-order valence-electron chi connectivity index (χ1n) is 7.23. The Kier molecular flexibility index (Phi) is 6.21. The molecule has 3 N–H and O–H groups in total. The molecular weight excluding hydrogens is 268 g/mol. The molecule has 0 aliphatic carbocycles. The first-order valence-corrected chi connectivity index (χ1v) is 7.23. The smallest absolute Gasteiger partial charge is 0.405 e. The van der Waals surface area contributed by atoms with Crippen LogP contribution in [0.4, 0.5) is 4.79 Å². The second kappa shape index (κ2) is 7.67. The summed E-state index contributed by atoms with van der Waals surface area (Å²) in [5, 5.41) is 13.9. The van der Waals surface area contributed by atoms with Crippen molar-refractivity contribution in [2.75, 3.05) is 0 Å². The van der Waals surface area contributed by atoms with Gasteiger partial charge in [0.15, 0.2) is 0 Å². The van der Waals surface area contributed by atoms with Crippen molar-refractivity contribution in [2.24, 2.45) is 5.92 Å². The fraction of sp³-hybridized carbons (Fsp3) is 0.500. The van der Waals surface area contributed by atoms with Crippen molar-refractivity contribution in [2.45, 2.75) is 46.2 Å². The van der Waals surface area contributed by atoms with Crippen LogP contribution in [0.1, 0.15) is 44.9 Å². The van der Waals surface area contributed by atoms with Gasteiger partial charge in [0, 0.05) is 0 Å². The number of benzene rings is 1. The lowest BCUT2D eigenvalue weighted by molar-refractivity contribution is -0.124. The van der Waals surface area contributed by atoms with Crippen LogP contribution in [0.2, 0.25) is 0 Å². The Bertz CT molecular complexity index is 483. The normalized spacial score (nSPS) is 13.6. The highest BCUT2D eigenvalue weighted by Gasteiger charge is 2.25. The molecule has 0 fully saturated rings. The maximum absolute atomic E-state index is 12.2. The van der Waals surface area contributed by atoms with E-state index in [0.29, 0.717) is 0 Å². The molecule has 0 aliphatic rings. The number of hydrogen-bond donors (Lipinski definition) is 3. The monoisotopic (exact) mass is 292 g/mol. The van der Waals surface area contributed by atoms with Crippen molar-refractivity contribution in [3.8, 4) is 0 Å². The van der Waals surface area contributed by atoms with Crippen molar-refractivity contribution >= 4 is 12.0 Å². The average Bonchev–Trinajstić information content (AvgIpc) is 2.44. The molecule has 2 amide bonds. The maximum Gasteiger partial charge on any atom is 0.405 e. The van der Waals surface area contributed by atoms with Gasteiger partial charge in [0.25, 0.3) is 0 Å². The van der Waals surface area contributed by atoms with Gasteiger partial charge in [0.05, 0.1) is 6.04 Å². The Morgan fingerprint density at radius 2 is 1.67 bits per heavy atom. The third-order valence-electron chi connectivity index (χ3n) is 3.47. The highest BCUT2D eigenvalue weighted by molar-refractivity contribution is 5.85.